The molecule has 0 aliphatic carbocycles. The third-order valence-electron chi connectivity index (χ3n) is 9.68. The summed E-state index contributed by atoms with van der Waals surface area (Å²) in [5.74, 6) is 5.86. The maximum absolute atomic E-state index is 4.86. The molecule has 10 rings (SSSR count). The van der Waals surface area contributed by atoms with Crippen LogP contribution in [0.2, 0.25) is 0 Å². The number of H-pyrrole nitrogens is 4. The molecule has 0 saturated heterocycles. The van der Waals surface area contributed by atoms with Gasteiger partial charge in [-0.05, 0) is 85.6 Å². The van der Waals surface area contributed by atoms with Crippen LogP contribution >= 0.6 is 0 Å². The molecule has 246 valence electrons. The number of fused-ring (bicyclic) bond motifs is 4. The van der Waals surface area contributed by atoms with Crippen molar-refractivity contribution < 1.29 is 9.98 Å². The van der Waals surface area contributed by atoms with Gasteiger partial charge < -0.3 is 19.9 Å². The van der Waals surface area contributed by atoms with Gasteiger partial charge in [-0.15, -0.1) is 0 Å². The van der Waals surface area contributed by atoms with Crippen LogP contribution in [0.4, 0.5) is 0 Å². The lowest BCUT2D eigenvalue weighted by Gasteiger charge is -1.97. The fourth-order valence-electron chi connectivity index (χ4n) is 7.13. The van der Waals surface area contributed by atoms with E-state index in [0.717, 1.165) is 153 Å². The molecule has 12 heteroatoms. The first kappa shape index (κ1) is 28.7. The van der Waals surface area contributed by atoms with Gasteiger partial charge in [-0.1, -0.05) is 0 Å². The van der Waals surface area contributed by atoms with Crippen LogP contribution in [0.15, 0.2) is 72.8 Å². The molecule has 0 unspecified atom stereocenters. The summed E-state index contributed by atoms with van der Waals surface area (Å²) >= 11 is 0. The van der Waals surface area contributed by atoms with E-state index in [2.05, 4.69) is 113 Å². The molecule has 4 aromatic carbocycles. The molecule has 8 aromatic rings. The van der Waals surface area contributed by atoms with Crippen LogP contribution in [0.25, 0.3) is 66.9 Å². The Kier molecular flexibility index (Phi) is 6.71. The molecule has 2 aliphatic rings. The van der Waals surface area contributed by atoms with Gasteiger partial charge in [-0.25, -0.2) is 19.9 Å². The van der Waals surface area contributed by atoms with Crippen LogP contribution in [-0.4, -0.2) is 77.7 Å². The highest BCUT2D eigenvalue weighted by Gasteiger charge is 2.18. The predicted octanol–water partition coefficient (Wildman–Crippen LogP) is 1.95. The molecule has 8 N–H and O–H groups in total. The SMILES string of the molecule is c1cc2nc(-c3ccc4nc(CCCCc5nc6ccc(-c7nc8ccc(C9=[NH+]CCN9)cc8[nH]7)cc6[nH]5)[nH]c4c3)[nH]c2cc1C1=[NH+]CCN1. The zero-order chi connectivity index (χ0) is 33.0. The maximum Gasteiger partial charge on any atom is 0.275 e. The summed E-state index contributed by atoms with van der Waals surface area (Å²) in [4.78, 5) is 40.3. The number of benzene rings is 4. The van der Waals surface area contributed by atoms with Gasteiger partial charge in [0.1, 0.15) is 49.5 Å². The van der Waals surface area contributed by atoms with Crippen LogP contribution in [-0.2, 0) is 12.8 Å². The number of unbranched alkanes of at least 4 members (excludes halogenated alkanes) is 1. The second kappa shape index (κ2) is 11.7. The Bertz CT molecular complexity index is 2450. The third-order valence-corrected chi connectivity index (χ3v) is 9.68. The fraction of sp³-hybridized carbons (Fsp3) is 0.211. The van der Waals surface area contributed by atoms with Crippen LogP contribution in [0.1, 0.15) is 35.6 Å². The largest absolute Gasteiger partial charge is 0.342 e. The molecule has 0 saturated carbocycles. The van der Waals surface area contributed by atoms with Crippen molar-refractivity contribution in [1.29, 1.82) is 0 Å². The zero-order valence-corrected chi connectivity index (χ0v) is 27.4. The minimum absolute atomic E-state index is 0.853. The molecule has 50 heavy (non-hydrogen) atoms. The van der Waals surface area contributed by atoms with E-state index in [1.165, 1.54) is 0 Å². The van der Waals surface area contributed by atoms with Gasteiger partial charge in [0.25, 0.3) is 11.7 Å². The minimum atomic E-state index is 0.853. The Morgan fingerprint density at radius 2 is 0.860 bits per heavy atom. The lowest BCUT2D eigenvalue weighted by Crippen LogP contribution is -2.70. The van der Waals surface area contributed by atoms with Gasteiger partial charge in [0.15, 0.2) is 0 Å². The number of aryl methyl sites for hydroxylation is 2. The summed E-state index contributed by atoms with van der Waals surface area (Å²) in [5.41, 5.74) is 12.3. The summed E-state index contributed by atoms with van der Waals surface area (Å²) in [6, 6.07) is 25.2. The third kappa shape index (κ3) is 5.25. The summed E-state index contributed by atoms with van der Waals surface area (Å²) in [6.45, 7) is 3.78. The predicted molar refractivity (Wildman–Crippen MR) is 195 cm³/mol. The topological polar surface area (TPSA) is 167 Å². The smallest absolute Gasteiger partial charge is 0.275 e. The van der Waals surface area contributed by atoms with Crippen molar-refractivity contribution in [2.75, 3.05) is 26.2 Å². The Labute approximate surface area is 286 Å². The van der Waals surface area contributed by atoms with Crippen LogP contribution in [0.5, 0.6) is 0 Å². The Balaban J connectivity index is 0.789. The normalized spacial score (nSPS) is 14.6. The quantitative estimate of drug-likeness (QED) is 0.110. The van der Waals surface area contributed by atoms with Gasteiger partial charge in [0, 0.05) is 24.0 Å². The van der Waals surface area contributed by atoms with Gasteiger partial charge in [-0.2, -0.15) is 0 Å². The molecule has 2 aliphatic heterocycles. The van der Waals surface area contributed by atoms with Crippen LogP contribution < -0.4 is 20.6 Å². The highest BCUT2D eigenvalue weighted by molar-refractivity contribution is 5.99. The second-order valence-electron chi connectivity index (χ2n) is 13.1. The molecule has 0 fully saturated rings. The first-order valence-corrected chi connectivity index (χ1v) is 17.4. The lowest BCUT2D eigenvalue weighted by molar-refractivity contribution is -0.444. The molecular weight excluding hydrogens is 625 g/mol. The van der Waals surface area contributed by atoms with Gasteiger partial charge in [-0.3, -0.25) is 20.6 Å². The molecule has 12 nitrogen and oxygen atoms in total. The van der Waals surface area contributed by atoms with Crippen molar-refractivity contribution in [3.8, 4) is 22.8 Å². The molecule has 0 bridgehead atoms. The van der Waals surface area contributed by atoms with E-state index in [0.29, 0.717) is 0 Å². The Hall–Kier alpha value is -6.30. The fourth-order valence-corrected chi connectivity index (χ4v) is 7.13. The molecule has 4 aromatic heterocycles. The summed E-state index contributed by atoms with van der Waals surface area (Å²) in [5, 5.41) is 6.79. The first-order valence-electron chi connectivity index (χ1n) is 17.4. The van der Waals surface area contributed by atoms with Crippen LogP contribution in [0, 0.1) is 0 Å². The van der Waals surface area contributed by atoms with E-state index in [-0.39, 0.29) is 0 Å². The number of hydrogen-bond acceptors (Lipinski definition) is 6. The van der Waals surface area contributed by atoms with E-state index in [1.807, 2.05) is 0 Å². The van der Waals surface area contributed by atoms with E-state index in [1.54, 1.807) is 0 Å². The van der Waals surface area contributed by atoms with Crippen molar-refractivity contribution in [3.05, 3.63) is 95.6 Å². The second-order valence-corrected chi connectivity index (χ2v) is 13.1. The van der Waals surface area contributed by atoms with Gasteiger partial charge in [0.05, 0.1) is 55.3 Å². The standard InChI is InChI=1S/C38H34N12/c1(3-33-43-25-9-7-23(19-29(25)45-33)37-47-27-11-5-21(17-31(27)49-37)35-39-13-14-40-35)2-4-34-44-26-10-8-24(20-30(26)46-34)38-48-28-12-6-22(18-32(28)50-38)36-41-15-16-42-36/h5-12,17-20H,1-4,13-16H2,(H,39,40)(H,41,42)(H,43,45)(H,44,46)(H,47,49)(H,48,50)/p+2. The van der Waals surface area contributed by atoms with E-state index < -0.39 is 0 Å². The minimum Gasteiger partial charge on any atom is -0.342 e. The summed E-state index contributed by atoms with van der Waals surface area (Å²) in [6.07, 6.45) is 3.77. The molecule has 0 amide bonds. The van der Waals surface area contributed by atoms with Crippen molar-refractivity contribution >= 4 is 55.8 Å². The molecule has 6 heterocycles. The number of aromatic amines is 4. The molecule has 0 radical (unpaired) electrons. The van der Waals surface area contributed by atoms with Crippen molar-refractivity contribution in [2.24, 2.45) is 0 Å². The highest BCUT2D eigenvalue weighted by atomic mass is 15.1. The number of rotatable bonds is 9. The number of nitrogens with one attached hydrogen (secondary N) is 8. The van der Waals surface area contributed by atoms with Gasteiger partial charge >= 0.3 is 0 Å². The summed E-state index contributed by atoms with van der Waals surface area (Å²) in [7, 11) is 0. The molecular formula is C38H36N12+2. The van der Waals surface area contributed by atoms with Crippen molar-refractivity contribution in [2.45, 2.75) is 25.7 Å². The zero-order valence-electron chi connectivity index (χ0n) is 27.4. The Morgan fingerprint density at radius 3 is 1.30 bits per heavy atom. The highest BCUT2D eigenvalue weighted by Crippen LogP contribution is 2.26. The van der Waals surface area contributed by atoms with E-state index >= 15 is 0 Å². The lowest BCUT2D eigenvalue weighted by atomic mass is 10.2. The average Bonchev–Trinajstić information content (AvgIpc) is 3.99. The monoisotopic (exact) mass is 660 g/mol. The maximum atomic E-state index is 4.86. The van der Waals surface area contributed by atoms with Gasteiger partial charge in [0.2, 0.25) is 0 Å². The van der Waals surface area contributed by atoms with E-state index in [9.17, 15) is 0 Å². The number of imidazole rings is 4. The number of nitrogens with zero attached hydrogens (tertiary/aromatic N) is 4. The first-order chi connectivity index (χ1) is 24.7. The molecule has 0 spiro atoms. The van der Waals surface area contributed by atoms with Crippen molar-refractivity contribution in [3.63, 3.8) is 0 Å². The van der Waals surface area contributed by atoms with E-state index in [4.69, 9.17) is 19.9 Å². The van der Waals surface area contributed by atoms with Crippen LogP contribution in [0.3, 0.4) is 0 Å². The van der Waals surface area contributed by atoms with Crippen molar-refractivity contribution in [1.82, 2.24) is 50.5 Å². The number of amidine groups is 2. The molecule has 0 atom stereocenters. The number of hydrogen-bond donors (Lipinski definition) is 8. The Morgan fingerprint density at radius 1 is 0.460 bits per heavy atom. The average molecular weight is 661 g/mol. The summed E-state index contributed by atoms with van der Waals surface area (Å²) < 4.78 is 0. The number of aromatic nitrogens is 8.